The average molecular weight is 147 g/mol. The highest BCUT2D eigenvalue weighted by Gasteiger charge is 2.25. The Hall–Kier alpha value is 0.717. The highest BCUT2D eigenvalue weighted by atomic mass is 35.7. The lowest BCUT2D eigenvalue weighted by Crippen LogP contribution is -2.20. The van der Waals surface area contributed by atoms with Gasteiger partial charge in [-0.3, -0.25) is 0 Å². The summed E-state index contributed by atoms with van der Waals surface area (Å²) in [5.41, 5.74) is 0. The fraction of sp³-hybridized carbons (Fsp3) is 1.00. The molecule has 0 bridgehead atoms. The van der Waals surface area contributed by atoms with Gasteiger partial charge in [0, 0.05) is 7.11 Å². The van der Waals surface area contributed by atoms with Gasteiger partial charge < -0.3 is 9.22 Å². The molecule has 0 fully saturated rings. The zero-order valence-corrected chi connectivity index (χ0v) is 5.62. The average Bonchev–Trinajstić information content (AvgIpc) is 1.35. The van der Waals surface area contributed by atoms with Gasteiger partial charge in [-0.2, -0.15) is 0 Å². The van der Waals surface area contributed by atoms with E-state index in [1.165, 1.54) is 7.11 Å². The van der Waals surface area contributed by atoms with E-state index in [1.54, 1.807) is 0 Å². The highest BCUT2D eigenvalue weighted by molar-refractivity contribution is 7.38. The van der Waals surface area contributed by atoms with Gasteiger partial charge in [-0.15, -0.1) is 0 Å². The van der Waals surface area contributed by atoms with Crippen LogP contribution in [0, 0.1) is 0 Å². The Morgan fingerprint density at radius 1 is 1.67 bits per heavy atom. The molecule has 1 N–H and O–H groups in total. The molecule has 2 nitrogen and oxygen atoms in total. The maximum absolute atomic E-state index is 8.27. The molecule has 0 spiro atoms. The molecule has 0 aromatic carbocycles. The van der Waals surface area contributed by atoms with Gasteiger partial charge in [0.1, 0.15) is 0 Å². The minimum absolute atomic E-state index is 1.26. The summed E-state index contributed by atoms with van der Waals surface area (Å²) in [6.45, 7) is 0. The zero-order valence-electron chi connectivity index (χ0n) is 3.11. The molecule has 0 atom stereocenters. The van der Waals surface area contributed by atoms with Crippen molar-refractivity contribution in [1.82, 2.24) is 0 Å². The maximum atomic E-state index is 8.27. The van der Waals surface area contributed by atoms with E-state index in [2.05, 4.69) is 4.43 Å². The SMILES string of the molecule is CO[Si](O)(Cl)Cl. The van der Waals surface area contributed by atoms with Crippen molar-refractivity contribution in [2.24, 2.45) is 0 Å². The molecular weight excluding hydrogens is 143 g/mol. The van der Waals surface area contributed by atoms with Crippen molar-refractivity contribution in [2.75, 3.05) is 7.11 Å². The van der Waals surface area contributed by atoms with E-state index in [0.29, 0.717) is 0 Å². The van der Waals surface area contributed by atoms with Crippen molar-refractivity contribution < 1.29 is 9.22 Å². The highest BCUT2D eigenvalue weighted by Crippen LogP contribution is 2.08. The van der Waals surface area contributed by atoms with Crippen molar-refractivity contribution in [2.45, 2.75) is 0 Å². The minimum Gasteiger partial charge on any atom is -0.388 e. The molecule has 0 unspecified atom stereocenters. The van der Waals surface area contributed by atoms with Crippen LogP contribution in [-0.2, 0) is 4.43 Å². The molecule has 38 valence electrons. The lowest BCUT2D eigenvalue weighted by molar-refractivity contribution is 0.338. The number of rotatable bonds is 1. The molecule has 0 amide bonds. The second-order valence-corrected chi connectivity index (χ2v) is 5.72. The molecule has 0 aromatic rings. The number of halogens is 2. The monoisotopic (exact) mass is 146 g/mol. The number of hydrogen-bond acceptors (Lipinski definition) is 2. The Balaban J connectivity index is 3.17. The lowest BCUT2D eigenvalue weighted by atomic mass is 11.8. The largest absolute Gasteiger partial charge is 0.548 e. The van der Waals surface area contributed by atoms with Crippen molar-refractivity contribution in [3.63, 3.8) is 0 Å². The smallest absolute Gasteiger partial charge is 0.388 e. The van der Waals surface area contributed by atoms with Gasteiger partial charge in [0.2, 0.25) is 0 Å². The van der Waals surface area contributed by atoms with Gasteiger partial charge in [-0.05, 0) is 0 Å². The van der Waals surface area contributed by atoms with Crippen molar-refractivity contribution in [1.29, 1.82) is 0 Å². The van der Waals surface area contributed by atoms with Crippen LogP contribution in [0.25, 0.3) is 0 Å². The van der Waals surface area contributed by atoms with Gasteiger partial charge in [0.15, 0.2) is 0 Å². The molecule has 6 heavy (non-hydrogen) atoms. The van der Waals surface area contributed by atoms with Crippen LogP contribution in [0.4, 0.5) is 0 Å². The summed E-state index contributed by atoms with van der Waals surface area (Å²) in [6.07, 6.45) is 0. The van der Waals surface area contributed by atoms with Crippen molar-refractivity contribution in [3.8, 4) is 0 Å². The van der Waals surface area contributed by atoms with E-state index in [4.69, 9.17) is 27.0 Å². The zero-order chi connectivity index (χ0) is 5.21. The third kappa shape index (κ3) is 4.72. The Morgan fingerprint density at radius 2 is 1.83 bits per heavy atom. The van der Waals surface area contributed by atoms with Gasteiger partial charge in [-0.25, -0.2) is 0 Å². The lowest BCUT2D eigenvalue weighted by Gasteiger charge is -2.00. The summed E-state index contributed by atoms with van der Waals surface area (Å²) in [7, 11) is -1.93. The fourth-order valence-corrected chi connectivity index (χ4v) is 0. The van der Waals surface area contributed by atoms with Gasteiger partial charge in [0.25, 0.3) is 0 Å². The Labute approximate surface area is 46.3 Å². The van der Waals surface area contributed by atoms with E-state index < -0.39 is 7.18 Å². The quantitative estimate of drug-likeness (QED) is 0.433. The van der Waals surface area contributed by atoms with Gasteiger partial charge in [-0.1, -0.05) is 22.2 Å². The van der Waals surface area contributed by atoms with Crippen LogP contribution in [0.1, 0.15) is 0 Å². The topological polar surface area (TPSA) is 29.5 Å². The molecule has 5 heteroatoms. The van der Waals surface area contributed by atoms with Crippen LogP contribution in [0.5, 0.6) is 0 Å². The van der Waals surface area contributed by atoms with Crippen molar-refractivity contribution in [3.05, 3.63) is 0 Å². The molecule has 0 aromatic heterocycles. The van der Waals surface area contributed by atoms with Crippen LogP contribution in [0.15, 0.2) is 0 Å². The summed E-state index contributed by atoms with van der Waals surface area (Å²) < 4.78 is 4.16. The Kier molecular flexibility index (Phi) is 2.39. The molecule has 0 radical (unpaired) electrons. The van der Waals surface area contributed by atoms with E-state index in [0.717, 1.165) is 0 Å². The first-order valence-electron chi connectivity index (χ1n) is 1.21. The third-order valence-corrected chi connectivity index (χ3v) is 1.66. The minimum atomic E-state index is -3.19. The first-order valence-corrected chi connectivity index (χ1v) is 5.09. The molecule has 0 aliphatic rings. The molecule has 0 saturated heterocycles. The van der Waals surface area contributed by atoms with Gasteiger partial charge in [0.05, 0.1) is 0 Å². The van der Waals surface area contributed by atoms with E-state index >= 15 is 0 Å². The Bertz CT molecular complexity index is 41.3. The predicted octanol–water partition coefficient (Wildman–Crippen LogP) is 0.538. The molecule has 0 heterocycles. The van der Waals surface area contributed by atoms with Crippen molar-refractivity contribution >= 4 is 29.3 Å². The Morgan fingerprint density at radius 3 is 1.83 bits per heavy atom. The summed E-state index contributed by atoms with van der Waals surface area (Å²) in [4.78, 5) is 8.27. The van der Waals surface area contributed by atoms with Crippen LogP contribution in [-0.4, -0.2) is 19.1 Å². The van der Waals surface area contributed by atoms with Crippen LogP contribution in [0.2, 0.25) is 0 Å². The first-order chi connectivity index (χ1) is 2.56. The fourth-order valence-electron chi connectivity index (χ4n) is 0. The van der Waals surface area contributed by atoms with E-state index in [9.17, 15) is 0 Å². The first kappa shape index (κ1) is 6.72. The summed E-state index contributed by atoms with van der Waals surface area (Å²) >= 11 is 9.91. The van der Waals surface area contributed by atoms with Gasteiger partial charge >= 0.3 is 7.18 Å². The molecular formula is CH4Cl2O2Si. The maximum Gasteiger partial charge on any atom is 0.548 e. The predicted molar refractivity (Wildman–Crippen MR) is 26.7 cm³/mol. The molecule has 0 saturated carbocycles. The van der Waals surface area contributed by atoms with E-state index in [1.807, 2.05) is 0 Å². The second-order valence-electron chi connectivity index (χ2n) is 0.690. The van der Waals surface area contributed by atoms with Crippen LogP contribution >= 0.6 is 22.2 Å². The molecule has 0 aliphatic carbocycles. The van der Waals surface area contributed by atoms with Crippen LogP contribution in [0.3, 0.4) is 0 Å². The standard InChI is InChI=1S/CH4Cl2O2Si/c1-5-6(2,3)4/h4H,1H3. The molecule has 0 rings (SSSR count). The van der Waals surface area contributed by atoms with Crippen LogP contribution < -0.4 is 0 Å². The number of hydrogen-bond donors (Lipinski definition) is 1. The summed E-state index contributed by atoms with van der Waals surface area (Å²) in [6, 6.07) is 0. The van der Waals surface area contributed by atoms with E-state index in [-0.39, 0.29) is 0 Å². The third-order valence-electron chi connectivity index (χ3n) is 0.246. The normalized spacial score (nSPS) is 12.0. The molecule has 0 aliphatic heterocycles. The summed E-state index contributed by atoms with van der Waals surface area (Å²) in [5, 5.41) is 0. The summed E-state index contributed by atoms with van der Waals surface area (Å²) in [5.74, 6) is 0. The second kappa shape index (κ2) is 2.14.